The van der Waals surface area contributed by atoms with Crippen LogP contribution < -0.4 is 10.1 Å². The van der Waals surface area contributed by atoms with Crippen molar-refractivity contribution in [3.63, 3.8) is 0 Å². The summed E-state index contributed by atoms with van der Waals surface area (Å²) in [6.07, 6.45) is 1.57. The lowest BCUT2D eigenvalue weighted by molar-refractivity contribution is -0.384. The predicted molar refractivity (Wildman–Crippen MR) is 87.3 cm³/mol. The average Bonchev–Trinajstić information content (AvgIpc) is 3.01. The van der Waals surface area contributed by atoms with E-state index in [0.29, 0.717) is 23.3 Å². The Bertz CT molecular complexity index is 734. The molecule has 0 atom stereocenters. The molecule has 128 valence electrons. The Morgan fingerprint density at radius 2 is 2.25 bits per heavy atom. The van der Waals surface area contributed by atoms with Crippen LogP contribution in [0.5, 0.6) is 5.75 Å². The van der Waals surface area contributed by atoms with Crippen molar-refractivity contribution < 1.29 is 18.9 Å². The third-order valence-electron chi connectivity index (χ3n) is 2.91. The maximum Gasteiger partial charge on any atom is 0.277 e. The number of nitro benzene ring substituents is 1. The number of hydrogen-bond donors (Lipinski definition) is 1. The molecule has 0 fully saturated rings. The van der Waals surface area contributed by atoms with Gasteiger partial charge in [-0.05, 0) is 12.5 Å². The number of thioether (sulfide) groups is 1. The lowest BCUT2D eigenvalue weighted by atomic mass is 10.2. The van der Waals surface area contributed by atoms with Crippen LogP contribution in [0.2, 0.25) is 0 Å². The molecule has 0 aliphatic rings. The van der Waals surface area contributed by atoms with Crippen LogP contribution >= 0.6 is 11.8 Å². The van der Waals surface area contributed by atoms with E-state index >= 15 is 0 Å². The number of ether oxygens (including phenoxy) is 1. The van der Waals surface area contributed by atoms with Gasteiger partial charge in [-0.2, -0.15) is 0 Å². The number of carbonyl (C=O) groups excluding carboxylic acids is 1. The SMILES string of the molecule is CCCc1nnc(SCC(=O)Nc2cc([N+](=O)[O-])ccc2OC)o1. The number of nitrogens with one attached hydrogen (secondary N) is 1. The number of carbonyl (C=O) groups is 1. The number of nitrogens with zero attached hydrogens (tertiary/aromatic N) is 3. The standard InChI is InChI=1S/C14H16N4O5S/c1-3-4-13-16-17-14(23-13)24-8-12(19)15-10-7-9(18(20)21)5-6-11(10)22-2/h5-7H,3-4,8H2,1-2H3,(H,15,19). The summed E-state index contributed by atoms with van der Waals surface area (Å²) in [5.74, 6) is 0.524. The molecule has 0 bridgehead atoms. The third-order valence-corrected chi connectivity index (χ3v) is 3.73. The molecular formula is C14H16N4O5S. The van der Waals surface area contributed by atoms with Crippen LogP contribution in [-0.2, 0) is 11.2 Å². The van der Waals surface area contributed by atoms with Crippen molar-refractivity contribution in [1.29, 1.82) is 0 Å². The lowest BCUT2D eigenvalue weighted by Crippen LogP contribution is -2.14. The third kappa shape index (κ3) is 4.69. The number of nitro groups is 1. The minimum Gasteiger partial charge on any atom is -0.495 e. The fourth-order valence-corrected chi connectivity index (χ4v) is 2.41. The quantitative estimate of drug-likeness (QED) is 0.437. The van der Waals surface area contributed by atoms with Crippen molar-refractivity contribution in [1.82, 2.24) is 10.2 Å². The second-order valence-electron chi connectivity index (χ2n) is 4.69. The summed E-state index contributed by atoms with van der Waals surface area (Å²) in [5, 5.41) is 21.4. The molecule has 0 spiro atoms. The predicted octanol–water partition coefficient (Wildman–Crippen LogP) is 2.67. The number of aryl methyl sites for hydroxylation is 1. The van der Waals surface area contributed by atoms with Crippen molar-refractivity contribution in [2.45, 2.75) is 25.0 Å². The van der Waals surface area contributed by atoms with Crippen molar-refractivity contribution in [2.24, 2.45) is 0 Å². The zero-order valence-corrected chi connectivity index (χ0v) is 14.0. The minimum absolute atomic E-state index is 0.0274. The topological polar surface area (TPSA) is 120 Å². The first kappa shape index (κ1) is 17.7. The van der Waals surface area contributed by atoms with Crippen molar-refractivity contribution in [3.05, 3.63) is 34.2 Å². The molecule has 0 saturated carbocycles. The fourth-order valence-electron chi connectivity index (χ4n) is 1.83. The summed E-state index contributed by atoms with van der Waals surface area (Å²) < 4.78 is 10.5. The van der Waals surface area contributed by atoms with Crippen molar-refractivity contribution in [2.75, 3.05) is 18.2 Å². The first-order chi connectivity index (χ1) is 11.5. The molecule has 1 aromatic heterocycles. The second-order valence-corrected chi connectivity index (χ2v) is 5.62. The number of methoxy groups -OCH3 is 1. The maximum absolute atomic E-state index is 12.0. The van der Waals surface area contributed by atoms with Gasteiger partial charge in [0.2, 0.25) is 11.8 Å². The number of aromatic nitrogens is 2. The highest BCUT2D eigenvalue weighted by Gasteiger charge is 2.15. The molecule has 0 aliphatic carbocycles. The van der Waals surface area contributed by atoms with Gasteiger partial charge in [0.05, 0.1) is 23.5 Å². The highest BCUT2D eigenvalue weighted by Crippen LogP contribution is 2.29. The second kappa shape index (κ2) is 8.29. The molecule has 1 aromatic carbocycles. The molecule has 0 aliphatic heterocycles. The van der Waals surface area contributed by atoms with Gasteiger partial charge in [0.15, 0.2) is 0 Å². The molecule has 24 heavy (non-hydrogen) atoms. The summed E-state index contributed by atoms with van der Waals surface area (Å²) in [6, 6.07) is 3.97. The zero-order chi connectivity index (χ0) is 17.5. The van der Waals surface area contributed by atoms with Gasteiger partial charge in [0.25, 0.3) is 10.9 Å². The number of hydrogen-bond acceptors (Lipinski definition) is 8. The number of rotatable bonds is 8. The Balaban J connectivity index is 1.98. The van der Waals surface area contributed by atoms with Gasteiger partial charge in [-0.15, -0.1) is 10.2 Å². The molecule has 0 radical (unpaired) electrons. The van der Waals surface area contributed by atoms with Gasteiger partial charge in [0.1, 0.15) is 5.75 Å². The summed E-state index contributed by atoms with van der Waals surface area (Å²) in [5.41, 5.74) is 0.0920. The molecule has 9 nitrogen and oxygen atoms in total. The maximum atomic E-state index is 12.0. The molecule has 2 rings (SSSR count). The van der Waals surface area contributed by atoms with Crippen LogP contribution in [0.15, 0.2) is 27.8 Å². The monoisotopic (exact) mass is 352 g/mol. The summed E-state index contributed by atoms with van der Waals surface area (Å²) in [4.78, 5) is 22.3. The smallest absolute Gasteiger partial charge is 0.277 e. The van der Waals surface area contributed by atoms with E-state index in [1.807, 2.05) is 6.92 Å². The van der Waals surface area contributed by atoms with E-state index in [1.54, 1.807) is 0 Å². The molecule has 1 N–H and O–H groups in total. The van der Waals surface area contributed by atoms with Crippen LogP contribution in [-0.4, -0.2) is 33.9 Å². The highest BCUT2D eigenvalue weighted by molar-refractivity contribution is 7.99. The number of benzene rings is 1. The Morgan fingerprint density at radius 3 is 2.92 bits per heavy atom. The van der Waals surface area contributed by atoms with E-state index in [9.17, 15) is 14.9 Å². The number of non-ortho nitro benzene ring substituents is 1. The first-order valence-electron chi connectivity index (χ1n) is 7.11. The number of amides is 1. The van der Waals surface area contributed by atoms with E-state index < -0.39 is 4.92 Å². The molecule has 1 amide bonds. The van der Waals surface area contributed by atoms with E-state index in [-0.39, 0.29) is 23.0 Å². The van der Waals surface area contributed by atoms with E-state index in [4.69, 9.17) is 9.15 Å². The van der Waals surface area contributed by atoms with Crippen LogP contribution in [0.1, 0.15) is 19.2 Å². The lowest BCUT2D eigenvalue weighted by Gasteiger charge is -2.09. The average molecular weight is 352 g/mol. The minimum atomic E-state index is -0.544. The largest absolute Gasteiger partial charge is 0.495 e. The Kier molecular flexibility index (Phi) is 6.13. The highest BCUT2D eigenvalue weighted by atomic mass is 32.2. The summed E-state index contributed by atoms with van der Waals surface area (Å²) in [7, 11) is 1.42. The molecule has 10 heteroatoms. The van der Waals surface area contributed by atoms with Crippen LogP contribution in [0, 0.1) is 10.1 Å². The van der Waals surface area contributed by atoms with Crippen LogP contribution in [0.25, 0.3) is 0 Å². The molecule has 2 aromatic rings. The van der Waals surface area contributed by atoms with Gasteiger partial charge in [-0.25, -0.2) is 0 Å². The molecule has 0 saturated heterocycles. The summed E-state index contributed by atoms with van der Waals surface area (Å²) in [6.45, 7) is 2.00. The fraction of sp³-hybridized carbons (Fsp3) is 0.357. The van der Waals surface area contributed by atoms with Crippen LogP contribution in [0.3, 0.4) is 0 Å². The van der Waals surface area contributed by atoms with E-state index in [1.165, 1.54) is 25.3 Å². The van der Waals surface area contributed by atoms with Gasteiger partial charge in [-0.3, -0.25) is 14.9 Å². The van der Waals surface area contributed by atoms with Gasteiger partial charge in [-0.1, -0.05) is 18.7 Å². The normalized spacial score (nSPS) is 10.4. The van der Waals surface area contributed by atoms with E-state index in [0.717, 1.165) is 18.2 Å². The molecule has 0 unspecified atom stereocenters. The Hall–Kier alpha value is -2.62. The van der Waals surface area contributed by atoms with Crippen molar-refractivity contribution in [3.8, 4) is 5.75 Å². The van der Waals surface area contributed by atoms with E-state index in [2.05, 4.69) is 15.5 Å². The van der Waals surface area contributed by atoms with Gasteiger partial charge in [0, 0.05) is 18.6 Å². The first-order valence-corrected chi connectivity index (χ1v) is 8.09. The van der Waals surface area contributed by atoms with Gasteiger partial charge < -0.3 is 14.5 Å². The Morgan fingerprint density at radius 1 is 1.46 bits per heavy atom. The van der Waals surface area contributed by atoms with Gasteiger partial charge >= 0.3 is 0 Å². The van der Waals surface area contributed by atoms with Crippen LogP contribution in [0.4, 0.5) is 11.4 Å². The summed E-state index contributed by atoms with van der Waals surface area (Å²) >= 11 is 1.09. The number of anilines is 1. The van der Waals surface area contributed by atoms with Crippen molar-refractivity contribution >= 4 is 29.0 Å². The molecular weight excluding hydrogens is 336 g/mol. The zero-order valence-electron chi connectivity index (χ0n) is 13.1. The molecule has 1 heterocycles. The Labute approximate surface area is 141 Å².